The summed E-state index contributed by atoms with van der Waals surface area (Å²) in [5.41, 5.74) is 7.66. The van der Waals surface area contributed by atoms with Crippen LogP contribution in [0.4, 0.5) is 5.69 Å². The number of carbonyl (C=O) groups is 1. The Bertz CT molecular complexity index is 668. The lowest BCUT2D eigenvalue weighted by Gasteiger charge is -2.07. The summed E-state index contributed by atoms with van der Waals surface area (Å²) in [5.74, 6) is -0.498. The van der Waals surface area contributed by atoms with Crippen molar-refractivity contribution in [3.8, 4) is 0 Å². The minimum atomic E-state index is -0.498. The molecule has 0 fully saturated rings. The molecule has 0 bridgehead atoms. The van der Waals surface area contributed by atoms with Gasteiger partial charge in [0, 0.05) is 7.05 Å². The molecule has 7 heteroatoms. The predicted octanol–water partition coefficient (Wildman–Crippen LogP) is 2.97. The lowest BCUT2D eigenvalue weighted by atomic mass is 10.2. The Morgan fingerprint density at radius 1 is 1.45 bits per heavy atom. The molecule has 0 aliphatic heterocycles. The quantitative estimate of drug-likeness (QED) is 0.698. The summed E-state index contributed by atoms with van der Waals surface area (Å²) in [7, 11) is 1.74. The number of hydrogen-bond donors (Lipinski definition) is 1. The van der Waals surface area contributed by atoms with Gasteiger partial charge in [-0.15, -0.1) is 0 Å². The summed E-state index contributed by atoms with van der Waals surface area (Å²) in [6, 6.07) is 4.58. The molecule has 0 aliphatic carbocycles. The fraction of sp³-hybridized carbons (Fsp3) is 0.231. The maximum absolute atomic E-state index is 11.9. The summed E-state index contributed by atoms with van der Waals surface area (Å²) < 4.78 is 6.78. The van der Waals surface area contributed by atoms with Crippen LogP contribution in [0, 0.1) is 6.92 Å². The number of esters is 1. The van der Waals surface area contributed by atoms with Crippen LogP contribution in [0.2, 0.25) is 10.0 Å². The van der Waals surface area contributed by atoms with Gasteiger partial charge in [-0.1, -0.05) is 23.2 Å². The van der Waals surface area contributed by atoms with Crippen molar-refractivity contribution in [2.45, 2.75) is 13.5 Å². The Labute approximate surface area is 126 Å². The van der Waals surface area contributed by atoms with E-state index in [9.17, 15) is 4.79 Å². The topological polar surface area (TPSA) is 70.1 Å². The number of aromatic nitrogens is 2. The number of benzene rings is 1. The Kier molecular flexibility index (Phi) is 4.20. The summed E-state index contributed by atoms with van der Waals surface area (Å²) in [6.45, 7) is 1.82. The highest BCUT2D eigenvalue weighted by atomic mass is 35.5. The molecule has 0 saturated heterocycles. The molecule has 0 atom stereocenters. The van der Waals surface area contributed by atoms with Gasteiger partial charge in [0.2, 0.25) is 0 Å². The molecule has 20 heavy (non-hydrogen) atoms. The fourth-order valence-corrected chi connectivity index (χ4v) is 2.10. The third-order valence-corrected chi connectivity index (χ3v) is 3.66. The molecule has 0 saturated carbocycles. The van der Waals surface area contributed by atoms with Gasteiger partial charge in [-0.05, 0) is 25.1 Å². The smallest absolute Gasteiger partial charge is 0.338 e. The summed E-state index contributed by atoms with van der Waals surface area (Å²) in [6.07, 6.45) is 0. The number of anilines is 1. The number of halogens is 2. The number of hydrogen-bond acceptors (Lipinski definition) is 4. The molecule has 1 aromatic heterocycles. The molecule has 0 aliphatic rings. The van der Waals surface area contributed by atoms with E-state index in [1.54, 1.807) is 30.8 Å². The van der Waals surface area contributed by atoms with Crippen molar-refractivity contribution in [3.63, 3.8) is 0 Å². The van der Waals surface area contributed by atoms with Gasteiger partial charge in [-0.2, -0.15) is 5.10 Å². The summed E-state index contributed by atoms with van der Waals surface area (Å²) in [4.78, 5) is 11.9. The molecule has 106 valence electrons. The number of nitrogens with zero attached hydrogens (tertiary/aromatic N) is 2. The molecule has 1 heterocycles. The van der Waals surface area contributed by atoms with Gasteiger partial charge in [0.05, 0.1) is 32.7 Å². The van der Waals surface area contributed by atoms with Crippen molar-refractivity contribution in [2.75, 3.05) is 5.73 Å². The van der Waals surface area contributed by atoms with Crippen molar-refractivity contribution in [3.05, 3.63) is 45.2 Å². The van der Waals surface area contributed by atoms with Gasteiger partial charge >= 0.3 is 5.97 Å². The van der Waals surface area contributed by atoms with E-state index in [0.717, 1.165) is 0 Å². The lowest BCUT2D eigenvalue weighted by Crippen LogP contribution is -2.08. The van der Waals surface area contributed by atoms with Crippen LogP contribution in [0.25, 0.3) is 0 Å². The zero-order valence-electron chi connectivity index (χ0n) is 11.0. The molecular formula is C13H13Cl2N3O2. The molecular weight excluding hydrogens is 301 g/mol. The Hall–Kier alpha value is -1.72. The lowest BCUT2D eigenvalue weighted by molar-refractivity contribution is 0.0463. The monoisotopic (exact) mass is 313 g/mol. The Morgan fingerprint density at radius 2 is 2.15 bits per heavy atom. The normalized spacial score (nSPS) is 10.6. The van der Waals surface area contributed by atoms with Crippen LogP contribution in [-0.2, 0) is 18.4 Å². The first kappa shape index (κ1) is 14.7. The second kappa shape index (κ2) is 5.73. The molecule has 5 nitrogen and oxygen atoms in total. The Balaban J connectivity index is 2.10. The molecule has 0 unspecified atom stereocenters. The summed E-state index contributed by atoms with van der Waals surface area (Å²) >= 11 is 11.9. The molecule has 1 aromatic carbocycles. The maximum Gasteiger partial charge on any atom is 0.338 e. The van der Waals surface area contributed by atoms with E-state index in [0.29, 0.717) is 32.7 Å². The van der Waals surface area contributed by atoms with Gasteiger partial charge < -0.3 is 10.5 Å². The fourth-order valence-electron chi connectivity index (χ4n) is 1.71. The first-order valence-electron chi connectivity index (χ1n) is 5.80. The third-order valence-electron chi connectivity index (χ3n) is 2.84. The van der Waals surface area contributed by atoms with Crippen molar-refractivity contribution in [2.24, 2.45) is 7.05 Å². The minimum absolute atomic E-state index is 0.0387. The second-order valence-electron chi connectivity index (χ2n) is 4.28. The zero-order chi connectivity index (χ0) is 14.9. The number of nitrogen functional groups attached to an aromatic ring is 1. The van der Waals surface area contributed by atoms with Crippen LogP contribution >= 0.6 is 23.2 Å². The first-order valence-corrected chi connectivity index (χ1v) is 6.56. The largest absolute Gasteiger partial charge is 0.456 e. The maximum atomic E-state index is 11.9. The first-order chi connectivity index (χ1) is 9.40. The average molecular weight is 314 g/mol. The van der Waals surface area contributed by atoms with Crippen LogP contribution in [0.1, 0.15) is 21.7 Å². The van der Waals surface area contributed by atoms with Crippen molar-refractivity contribution in [1.29, 1.82) is 0 Å². The number of rotatable bonds is 3. The van der Waals surface area contributed by atoms with Crippen LogP contribution in [0.15, 0.2) is 18.2 Å². The Morgan fingerprint density at radius 3 is 2.70 bits per heavy atom. The van der Waals surface area contributed by atoms with Crippen molar-refractivity contribution in [1.82, 2.24) is 9.78 Å². The van der Waals surface area contributed by atoms with Crippen LogP contribution in [0.3, 0.4) is 0 Å². The average Bonchev–Trinajstić information content (AvgIpc) is 2.64. The SMILES string of the molecule is Cc1nn(C)c(COC(=O)c2ccc(N)c(Cl)c2)c1Cl. The van der Waals surface area contributed by atoms with E-state index in [1.165, 1.54) is 6.07 Å². The number of aryl methyl sites for hydroxylation is 2. The third kappa shape index (κ3) is 2.89. The molecule has 2 aromatic rings. The van der Waals surface area contributed by atoms with Gasteiger partial charge in [-0.3, -0.25) is 4.68 Å². The van der Waals surface area contributed by atoms with E-state index >= 15 is 0 Å². The number of nitrogens with two attached hydrogens (primary N) is 1. The highest BCUT2D eigenvalue weighted by Gasteiger charge is 2.15. The molecule has 0 spiro atoms. The standard InChI is InChI=1S/C13H13Cl2N3O2/c1-7-12(15)11(18(2)17-7)6-20-13(19)8-3-4-10(16)9(14)5-8/h3-5H,6,16H2,1-2H3. The van der Waals surface area contributed by atoms with E-state index in [2.05, 4.69) is 5.10 Å². The number of ether oxygens (including phenoxy) is 1. The van der Waals surface area contributed by atoms with E-state index < -0.39 is 5.97 Å². The van der Waals surface area contributed by atoms with Crippen LogP contribution in [0.5, 0.6) is 0 Å². The van der Waals surface area contributed by atoms with E-state index in [-0.39, 0.29) is 6.61 Å². The highest BCUT2D eigenvalue weighted by Crippen LogP contribution is 2.22. The van der Waals surface area contributed by atoms with Gasteiger partial charge in [0.1, 0.15) is 6.61 Å². The molecule has 2 rings (SSSR count). The minimum Gasteiger partial charge on any atom is -0.456 e. The van der Waals surface area contributed by atoms with E-state index in [1.807, 2.05) is 0 Å². The zero-order valence-corrected chi connectivity index (χ0v) is 12.5. The predicted molar refractivity (Wildman–Crippen MR) is 77.9 cm³/mol. The molecule has 0 radical (unpaired) electrons. The van der Waals surface area contributed by atoms with Crippen molar-refractivity contribution < 1.29 is 9.53 Å². The molecule has 2 N–H and O–H groups in total. The highest BCUT2D eigenvalue weighted by molar-refractivity contribution is 6.33. The number of carbonyl (C=O) groups excluding carboxylic acids is 1. The van der Waals surface area contributed by atoms with Gasteiger partial charge in [0.15, 0.2) is 0 Å². The van der Waals surface area contributed by atoms with Crippen LogP contribution < -0.4 is 5.73 Å². The second-order valence-corrected chi connectivity index (χ2v) is 5.07. The summed E-state index contributed by atoms with van der Waals surface area (Å²) in [5, 5.41) is 4.95. The van der Waals surface area contributed by atoms with Crippen LogP contribution in [-0.4, -0.2) is 15.7 Å². The molecule has 0 amide bonds. The van der Waals surface area contributed by atoms with Crippen molar-refractivity contribution >= 4 is 34.9 Å². The van der Waals surface area contributed by atoms with Gasteiger partial charge in [0.25, 0.3) is 0 Å². The van der Waals surface area contributed by atoms with E-state index in [4.69, 9.17) is 33.7 Å². The van der Waals surface area contributed by atoms with Gasteiger partial charge in [-0.25, -0.2) is 4.79 Å².